The Morgan fingerprint density at radius 3 is 2.35 bits per heavy atom. The highest BCUT2D eigenvalue weighted by atomic mass is 16.6. The first-order valence-electron chi connectivity index (χ1n) is 5.61. The summed E-state index contributed by atoms with van der Waals surface area (Å²) in [5.41, 5.74) is 7.19. The van der Waals surface area contributed by atoms with Crippen molar-refractivity contribution in [3.8, 4) is 0 Å². The summed E-state index contributed by atoms with van der Waals surface area (Å²) in [5.74, 6) is -1.01. The van der Waals surface area contributed by atoms with Gasteiger partial charge in [-0.05, 0) is 30.3 Å². The van der Waals surface area contributed by atoms with Crippen molar-refractivity contribution in [2.45, 2.75) is 0 Å². The van der Waals surface area contributed by atoms with Crippen LogP contribution in [0.3, 0.4) is 0 Å². The normalized spacial score (nSPS) is 10.0. The fourth-order valence-corrected chi connectivity index (χ4v) is 1.63. The van der Waals surface area contributed by atoms with Gasteiger partial charge in [-0.3, -0.25) is 10.1 Å². The number of nitrogens with one attached hydrogen (secondary N) is 1. The number of carboxylic acid groups (broad SMARTS) is 1. The van der Waals surface area contributed by atoms with E-state index in [1.807, 2.05) is 0 Å². The summed E-state index contributed by atoms with van der Waals surface area (Å²) in [6.07, 6.45) is 0. The minimum atomic E-state index is -1.01. The molecule has 0 atom stereocenters. The van der Waals surface area contributed by atoms with Crippen LogP contribution in [-0.4, -0.2) is 16.0 Å². The van der Waals surface area contributed by atoms with Gasteiger partial charge in [0.2, 0.25) is 0 Å². The number of rotatable bonds is 4. The zero-order valence-electron chi connectivity index (χ0n) is 10.2. The van der Waals surface area contributed by atoms with Gasteiger partial charge in [0.25, 0.3) is 5.69 Å². The topological polar surface area (TPSA) is 118 Å². The van der Waals surface area contributed by atoms with Crippen molar-refractivity contribution in [2.75, 3.05) is 11.1 Å². The number of nitro groups is 1. The van der Waals surface area contributed by atoms with E-state index in [0.717, 1.165) is 0 Å². The molecule has 102 valence electrons. The van der Waals surface area contributed by atoms with E-state index in [0.29, 0.717) is 11.4 Å². The molecule has 2 aromatic rings. The fourth-order valence-electron chi connectivity index (χ4n) is 1.63. The molecular weight excluding hydrogens is 262 g/mol. The number of carbonyl (C=O) groups is 1. The fraction of sp³-hybridized carbons (Fsp3) is 0. The largest absolute Gasteiger partial charge is 0.478 e. The molecule has 4 N–H and O–H groups in total. The Morgan fingerprint density at radius 1 is 1.20 bits per heavy atom. The standard InChI is InChI=1S/C13H11N3O4/c14-11-7-10(16(19)20)5-6-12(11)15-9-3-1-8(2-4-9)13(17)18/h1-7,15H,14H2,(H,17,18). The van der Waals surface area contributed by atoms with Gasteiger partial charge in [-0.15, -0.1) is 0 Å². The van der Waals surface area contributed by atoms with Crippen LogP contribution in [0.25, 0.3) is 0 Å². The number of nitrogens with two attached hydrogens (primary N) is 1. The first-order chi connectivity index (χ1) is 9.47. The van der Waals surface area contributed by atoms with Crippen LogP contribution in [-0.2, 0) is 0 Å². The van der Waals surface area contributed by atoms with Crippen molar-refractivity contribution in [1.29, 1.82) is 0 Å². The second-order valence-electron chi connectivity index (χ2n) is 4.04. The van der Waals surface area contributed by atoms with Gasteiger partial charge >= 0.3 is 5.97 Å². The first-order valence-corrected chi connectivity index (χ1v) is 5.61. The highest BCUT2D eigenvalue weighted by molar-refractivity contribution is 5.88. The molecule has 0 bridgehead atoms. The Hall–Kier alpha value is -3.09. The molecule has 0 aromatic heterocycles. The van der Waals surface area contributed by atoms with Gasteiger partial charge in [0, 0.05) is 17.8 Å². The number of aromatic carboxylic acids is 1. The highest BCUT2D eigenvalue weighted by Gasteiger charge is 2.09. The maximum absolute atomic E-state index is 10.7. The Kier molecular flexibility index (Phi) is 3.52. The summed E-state index contributed by atoms with van der Waals surface area (Å²) >= 11 is 0. The van der Waals surface area contributed by atoms with Gasteiger partial charge in [-0.1, -0.05) is 0 Å². The lowest BCUT2D eigenvalue weighted by Crippen LogP contribution is -1.99. The Balaban J connectivity index is 2.21. The van der Waals surface area contributed by atoms with Gasteiger partial charge in [-0.25, -0.2) is 4.79 Å². The van der Waals surface area contributed by atoms with Crippen molar-refractivity contribution in [3.63, 3.8) is 0 Å². The summed E-state index contributed by atoms with van der Waals surface area (Å²) in [5, 5.41) is 22.3. The molecule has 0 saturated carbocycles. The zero-order chi connectivity index (χ0) is 14.7. The number of hydrogen-bond acceptors (Lipinski definition) is 5. The van der Waals surface area contributed by atoms with E-state index in [1.165, 1.54) is 30.3 Å². The average Bonchev–Trinajstić information content (AvgIpc) is 2.41. The number of nitro benzene ring substituents is 1. The van der Waals surface area contributed by atoms with E-state index >= 15 is 0 Å². The molecule has 0 heterocycles. The van der Waals surface area contributed by atoms with E-state index in [2.05, 4.69) is 5.32 Å². The Morgan fingerprint density at radius 2 is 1.85 bits per heavy atom. The third-order valence-electron chi connectivity index (χ3n) is 2.66. The third kappa shape index (κ3) is 2.83. The molecule has 0 aliphatic carbocycles. The summed E-state index contributed by atoms with van der Waals surface area (Å²) < 4.78 is 0. The van der Waals surface area contributed by atoms with E-state index in [1.54, 1.807) is 12.1 Å². The number of hydrogen-bond donors (Lipinski definition) is 3. The summed E-state index contributed by atoms with van der Waals surface area (Å²) in [7, 11) is 0. The predicted octanol–water partition coefficient (Wildman–Crippen LogP) is 2.62. The number of carboxylic acids is 1. The van der Waals surface area contributed by atoms with E-state index in [9.17, 15) is 14.9 Å². The molecule has 0 fully saturated rings. The van der Waals surface area contributed by atoms with Gasteiger partial charge in [0.05, 0.1) is 21.9 Å². The summed E-state index contributed by atoms with van der Waals surface area (Å²) in [6, 6.07) is 10.2. The maximum atomic E-state index is 10.7. The average molecular weight is 273 g/mol. The van der Waals surface area contributed by atoms with E-state index < -0.39 is 10.9 Å². The number of nitrogens with zero attached hydrogens (tertiary/aromatic N) is 1. The highest BCUT2D eigenvalue weighted by Crippen LogP contribution is 2.27. The minimum absolute atomic E-state index is 0.0886. The first kappa shape index (κ1) is 13.3. The summed E-state index contributed by atoms with van der Waals surface area (Å²) in [4.78, 5) is 20.8. The van der Waals surface area contributed by atoms with Crippen molar-refractivity contribution < 1.29 is 14.8 Å². The predicted molar refractivity (Wildman–Crippen MR) is 74.2 cm³/mol. The Labute approximate surface area is 113 Å². The number of anilines is 3. The minimum Gasteiger partial charge on any atom is -0.478 e. The number of non-ortho nitro benzene ring substituents is 1. The smallest absolute Gasteiger partial charge is 0.335 e. The molecular formula is C13H11N3O4. The molecule has 2 aromatic carbocycles. The lowest BCUT2D eigenvalue weighted by molar-refractivity contribution is -0.384. The lowest BCUT2D eigenvalue weighted by atomic mass is 10.2. The third-order valence-corrected chi connectivity index (χ3v) is 2.66. The molecule has 0 radical (unpaired) electrons. The van der Waals surface area contributed by atoms with Crippen molar-refractivity contribution >= 4 is 28.7 Å². The van der Waals surface area contributed by atoms with Crippen LogP contribution in [0.4, 0.5) is 22.7 Å². The second-order valence-corrected chi connectivity index (χ2v) is 4.04. The van der Waals surface area contributed by atoms with Gasteiger partial charge in [0.1, 0.15) is 0 Å². The van der Waals surface area contributed by atoms with Crippen LogP contribution < -0.4 is 11.1 Å². The molecule has 7 nitrogen and oxygen atoms in total. The number of nitrogen functional groups attached to an aromatic ring is 1. The van der Waals surface area contributed by atoms with Gasteiger partial charge in [0.15, 0.2) is 0 Å². The van der Waals surface area contributed by atoms with Gasteiger partial charge in [-0.2, -0.15) is 0 Å². The van der Waals surface area contributed by atoms with Crippen molar-refractivity contribution in [1.82, 2.24) is 0 Å². The maximum Gasteiger partial charge on any atom is 0.335 e. The molecule has 0 spiro atoms. The van der Waals surface area contributed by atoms with Crippen LogP contribution in [0.5, 0.6) is 0 Å². The quantitative estimate of drug-likeness (QED) is 0.447. The lowest BCUT2D eigenvalue weighted by Gasteiger charge is -2.09. The van der Waals surface area contributed by atoms with Crippen LogP contribution >= 0.6 is 0 Å². The van der Waals surface area contributed by atoms with Crippen LogP contribution in [0, 0.1) is 10.1 Å². The van der Waals surface area contributed by atoms with E-state index in [4.69, 9.17) is 10.8 Å². The molecule has 0 amide bonds. The van der Waals surface area contributed by atoms with Crippen LogP contribution in [0.15, 0.2) is 42.5 Å². The molecule has 7 heteroatoms. The molecule has 0 unspecified atom stereocenters. The van der Waals surface area contributed by atoms with E-state index in [-0.39, 0.29) is 16.9 Å². The van der Waals surface area contributed by atoms with Crippen molar-refractivity contribution in [3.05, 3.63) is 58.1 Å². The zero-order valence-corrected chi connectivity index (χ0v) is 10.2. The SMILES string of the molecule is Nc1cc([N+](=O)[O-])ccc1Nc1ccc(C(=O)O)cc1. The molecule has 2 rings (SSSR count). The molecule has 20 heavy (non-hydrogen) atoms. The van der Waals surface area contributed by atoms with Crippen molar-refractivity contribution in [2.24, 2.45) is 0 Å². The number of benzene rings is 2. The van der Waals surface area contributed by atoms with Gasteiger partial charge < -0.3 is 16.2 Å². The van der Waals surface area contributed by atoms with Crippen LogP contribution in [0.1, 0.15) is 10.4 Å². The second kappa shape index (κ2) is 5.27. The Bertz CT molecular complexity index is 668. The monoisotopic (exact) mass is 273 g/mol. The molecule has 0 aliphatic rings. The molecule has 0 aliphatic heterocycles. The van der Waals surface area contributed by atoms with Crippen LogP contribution in [0.2, 0.25) is 0 Å². The molecule has 0 saturated heterocycles. The summed E-state index contributed by atoms with van der Waals surface area (Å²) in [6.45, 7) is 0.